The van der Waals surface area contributed by atoms with Gasteiger partial charge in [-0.1, -0.05) is 51.2 Å². The van der Waals surface area contributed by atoms with Gasteiger partial charge in [0.15, 0.2) is 0 Å². The van der Waals surface area contributed by atoms with Gasteiger partial charge in [-0.3, -0.25) is 0 Å². The van der Waals surface area contributed by atoms with Gasteiger partial charge in [-0.25, -0.2) is 0 Å². The second-order valence-corrected chi connectivity index (χ2v) is 5.94. The lowest BCUT2D eigenvalue weighted by Crippen LogP contribution is -2.51. The van der Waals surface area contributed by atoms with Gasteiger partial charge in [-0.15, -0.1) is 0 Å². The van der Waals surface area contributed by atoms with Gasteiger partial charge in [0.2, 0.25) is 0 Å². The Morgan fingerprint density at radius 3 is 2.59 bits per heavy atom. The number of nitrogens with zero attached hydrogens (tertiary/aromatic N) is 1. The fourth-order valence-corrected chi connectivity index (χ4v) is 3.41. The molecule has 0 radical (unpaired) electrons. The molecule has 1 aliphatic rings. The molecule has 0 fully saturated rings. The van der Waals surface area contributed by atoms with Crippen molar-refractivity contribution in [2.75, 3.05) is 11.9 Å². The highest BCUT2D eigenvalue weighted by Crippen LogP contribution is 2.42. The zero-order valence-electron chi connectivity index (χ0n) is 11.4. The van der Waals surface area contributed by atoms with E-state index in [0.29, 0.717) is 6.04 Å². The Morgan fingerprint density at radius 2 is 2.00 bits per heavy atom. The van der Waals surface area contributed by atoms with Crippen LogP contribution in [0.1, 0.15) is 38.3 Å². The van der Waals surface area contributed by atoms with Crippen LogP contribution < -0.4 is 4.90 Å². The standard InChI is InChI=1S/C15H21NS/c1-6-12-14(17)15(3,4)11-9-7-8-10(2)13(11)16(12)5/h7-9,12H,6H2,1-5H3. The average molecular weight is 247 g/mol. The Labute approximate surface area is 110 Å². The number of para-hydroxylation sites is 1. The summed E-state index contributed by atoms with van der Waals surface area (Å²) in [6.45, 7) is 8.91. The first-order chi connectivity index (χ1) is 7.91. The SMILES string of the molecule is CCC1C(=S)C(C)(C)c2cccc(C)c2N1C. The van der Waals surface area contributed by atoms with E-state index >= 15 is 0 Å². The molecule has 1 atom stereocenters. The van der Waals surface area contributed by atoms with E-state index in [1.807, 2.05) is 0 Å². The highest BCUT2D eigenvalue weighted by Gasteiger charge is 2.40. The molecule has 0 saturated carbocycles. The maximum atomic E-state index is 5.72. The van der Waals surface area contributed by atoms with Crippen molar-refractivity contribution in [3.8, 4) is 0 Å². The van der Waals surface area contributed by atoms with Crippen molar-refractivity contribution in [2.24, 2.45) is 0 Å². The smallest absolute Gasteiger partial charge is 0.0608 e. The van der Waals surface area contributed by atoms with Gasteiger partial charge in [-0.2, -0.15) is 0 Å². The molecular weight excluding hydrogens is 226 g/mol. The van der Waals surface area contributed by atoms with E-state index in [1.165, 1.54) is 21.7 Å². The number of aryl methyl sites for hydroxylation is 1. The number of fused-ring (bicyclic) bond motifs is 1. The third-order valence-corrected chi connectivity index (χ3v) is 4.82. The number of benzene rings is 1. The second-order valence-electron chi connectivity index (χ2n) is 5.50. The van der Waals surface area contributed by atoms with Crippen LogP contribution in [0.2, 0.25) is 0 Å². The van der Waals surface area contributed by atoms with Crippen molar-refractivity contribution in [1.29, 1.82) is 0 Å². The molecule has 0 spiro atoms. The van der Waals surface area contributed by atoms with Gasteiger partial charge in [0, 0.05) is 23.0 Å². The van der Waals surface area contributed by atoms with Crippen LogP contribution in [0.25, 0.3) is 0 Å². The summed E-state index contributed by atoms with van der Waals surface area (Å²) in [7, 11) is 2.17. The largest absolute Gasteiger partial charge is 0.367 e. The van der Waals surface area contributed by atoms with Crippen LogP contribution in [0, 0.1) is 6.92 Å². The quantitative estimate of drug-likeness (QED) is 0.693. The molecule has 0 amide bonds. The summed E-state index contributed by atoms with van der Waals surface area (Å²) in [6, 6.07) is 6.93. The van der Waals surface area contributed by atoms with Gasteiger partial charge >= 0.3 is 0 Å². The van der Waals surface area contributed by atoms with E-state index in [0.717, 1.165) is 6.42 Å². The van der Waals surface area contributed by atoms with E-state index in [1.54, 1.807) is 0 Å². The van der Waals surface area contributed by atoms with Crippen molar-refractivity contribution in [3.63, 3.8) is 0 Å². The number of rotatable bonds is 1. The molecule has 1 nitrogen and oxygen atoms in total. The molecule has 0 bridgehead atoms. The van der Waals surface area contributed by atoms with Gasteiger partial charge in [0.1, 0.15) is 0 Å². The van der Waals surface area contributed by atoms with E-state index in [4.69, 9.17) is 12.2 Å². The van der Waals surface area contributed by atoms with Gasteiger partial charge in [-0.05, 0) is 24.5 Å². The summed E-state index contributed by atoms with van der Waals surface area (Å²) in [4.78, 5) is 3.53. The zero-order chi connectivity index (χ0) is 12.8. The molecule has 2 heteroatoms. The molecule has 0 saturated heterocycles. The molecule has 0 aliphatic carbocycles. The summed E-state index contributed by atoms with van der Waals surface area (Å²) < 4.78 is 0. The van der Waals surface area contributed by atoms with E-state index in [2.05, 4.69) is 57.8 Å². The summed E-state index contributed by atoms with van der Waals surface area (Å²) >= 11 is 5.72. The molecule has 92 valence electrons. The minimum atomic E-state index is 0.00384. The summed E-state index contributed by atoms with van der Waals surface area (Å²) in [6.07, 6.45) is 1.08. The third-order valence-electron chi connectivity index (χ3n) is 4.04. The van der Waals surface area contributed by atoms with Crippen molar-refractivity contribution in [2.45, 2.75) is 45.6 Å². The summed E-state index contributed by atoms with van der Waals surface area (Å²) in [5.41, 5.74) is 4.09. The molecule has 1 heterocycles. The number of hydrogen-bond acceptors (Lipinski definition) is 2. The number of hydrogen-bond donors (Lipinski definition) is 0. The van der Waals surface area contributed by atoms with Crippen molar-refractivity contribution < 1.29 is 0 Å². The topological polar surface area (TPSA) is 3.24 Å². The molecule has 1 unspecified atom stereocenters. The molecule has 0 aromatic heterocycles. The predicted molar refractivity (Wildman–Crippen MR) is 79.3 cm³/mol. The van der Waals surface area contributed by atoms with E-state index in [9.17, 15) is 0 Å². The van der Waals surface area contributed by atoms with Crippen LogP contribution in [0.3, 0.4) is 0 Å². The molecule has 0 N–H and O–H groups in total. The number of thiocarbonyl (C=S) groups is 1. The normalized spacial score (nSPS) is 22.5. The maximum Gasteiger partial charge on any atom is 0.0608 e. The van der Waals surface area contributed by atoms with Crippen molar-refractivity contribution in [3.05, 3.63) is 29.3 Å². The maximum absolute atomic E-state index is 5.72. The van der Waals surface area contributed by atoms with Crippen molar-refractivity contribution >= 4 is 22.8 Å². The Balaban J connectivity index is 2.70. The Hall–Kier alpha value is -0.890. The van der Waals surface area contributed by atoms with Gasteiger partial charge in [0.05, 0.1) is 6.04 Å². The molecule has 1 aliphatic heterocycles. The zero-order valence-corrected chi connectivity index (χ0v) is 12.2. The molecular formula is C15H21NS. The van der Waals surface area contributed by atoms with Gasteiger partial charge in [0.25, 0.3) is 0 Å². The Bertz CT molecular complexity index is 462. The first-order valence-corrected chi connectivity index (χ1v) is 6.69. The summed E-state index contributed by atoms with van der Waals surface area (Å²) in [5.74, 6) is 0. The fourth-order valence-electron chi connectivity index (χ4n) is 2.97. The van der Waals surface area contributed by atoms with E-state index in [-0.39, 0.29) is 5.41 Å². The molecule has 1 aromatic rings. The van der Waals surface area contributed by atoms with Crippen molar-refractivity contribution in [1.82, 2.24) is 0 Å². The van der Waals surface area contributed by atoms with E-state index < -0.39 is 0 Å². The first kappa shape index (κ1) is 12.6. The van der Waals surface area contributed by atoms with Crippen LogP contribution in [0.5, 0.6) is 0 Å². The lowest BCUT2D eigenvalue weighted by atomic mass is 9.73. The Kier molecular flexibility index (Phi) is 3.03. The first-order valence-electron chi connectivity index (χ1n) is 6.28. The highest BCUT2D eigenvalue weighted by atomic mass is 32.1. The lowest BCUT2D eigenvalue weighted by Gasteiger charge is -2.45. The molecule has 17 heavy (non-hydrogen) atoms. The highest BCUT2D eigenvalue weighted by molar-refractivity contribution is 7.80. The minimum Gasteiger partial charge on any atom is -0.367 e. The summed E-state index contributed by atoms with van der Waals surface area (Å²) in [5, 5.41) is 0. The Morgan fingerprint density at radius 1 is 1.35 bits per heavy atom. The van der Waals surface area contributed by atoms with Crippen LogP contribution in [-0.2, 0) is 5.41 Å². The molecule has 1 aromatic carbocycles. The minimum absolute atomic E-state index is 0.00384. The monoisotopic (exact) mass is 247 g/mol. The fraction of sp³-hybridized carbons (Fsp3) is 0.533. The van der Waals surface area contributed by atoms with Crippen LogP contribution >= 0.6 is 12.2 Å². The van der Waals surface area contributed by atoms with Gasteiger partial charge < -0.3 is 4.90 Å². The second kappa shape index (κ2) is 4.09. The number of anilines is 1. The predicted octanol–water partition coefficient (Wildman–Crippen LogP) is 3.87. The average Bonchev–Trinajstić information content (AvgIpc) is 2.27. The van der Waals surface area contributed by atoms with Crippen LogP contribution in [0.15, 0.2) is 18.2 Å². The molecule has 2 rings (SSSR count). The third kappa shape index (κ3) is 1.70. The van der Waals surface area contributed by atoms with Crippen LogP contribution in [-0.4, -0.2) is 18.0 Å². The lowest BCUT2D eigenvalue weighted by molar-refractivity contribution is 0.622. The van der Waals surface area contributed by atoms with Crippen LogP contribution in [0.4, 0.5) is 5.69 Å².